The van der Waals surface area contributed by atoms with Crippen LogP contribution in [0.3, 0.4) is 0 Å². The van der Waals surface area contributed by atoms with Crippen LogP contribution in [0.5, 0.6) is 0 Å². The molecule has 0 atom stereocenters. The largest absolute Gasteiger partial charge is 0.321 e. The molecule has 0 radical (unpaired) electrons. The van der Waals surface area contributed by atoms with Crippen LogP contribution in [0.2, 0.25) is 0 Å². The standard InChI is InChI=1S/C18H12F4N2O/c19-12-11(9-23)13(20)15(22)16(14(12)21)24-17(25)18(6-7-18)8-10-4-2-1-3-5-10/h1-5H,6-8H2,(H,24,25). The number of carbonyl (C=O) groups is 1. The van der Waals surface area contributed by atoms with Gasteiger partial charge >= 0.3 is 0 Å². The molecule has 0 saturated heterocycles. The molecule has 1 N–H and O–H groups in total. The summed E-state index contributed by atoms with van der Waals surface area (Å²) in [5.74, 6) is -7.95. The van der Waals surface area contributed by atoms with E-state index in [4.69, 9.17) is 5.26 Å². The number of rotatable bonds is 4. The Labute approximate surface area is 140 Å². The topological polar surface area (TPSA) is 52.9 Å². The van der Waals surface area contributed by atoms with Crippen LogP contribution in [0, 0.1) is 40.0 Å². The van der Waals surface area contributed by atoms with Crippen LogP contribution in [-0.4, -0.2) is 5.91 Å². The van der Waals surface area contributed by atoms with E-state index in [0.717, 1.165) is 11.6 Å². The average molecular weight is 348 g/mol. The molecule has 1 amide bonds. The molecule has 0 heterocycles. The molecule has 0 bridgehead atoms. The molecular weight excluding hydrogens is 336 g/mol. The third-order valence-electron chi connectivity index (χ3n) is 4.33. The van der Waals surface area contributed by atoms with Gasteiger partial charge in [-0.3, -0.25) is 4.79 Å². The number of benzene rings is 2. The molecule has 2 aromatic carbocycles. The molecule has 3 nitrogen and oxygen atoms in total. The number of nitrogens with zero attached hydrogens (tertiary/aromatic N) is 1. The van der Waals surface area contributed by atoms with E-state index in [9.17, 15) is 22.4 Å². The first-order chi connectivity index (χ1) is 11.9. The van der Waals surface area contributed by atoms with Crippen LogP contribution >= 0.6 is 0 Å². The molecule has 7 heteroatoms. The van der Waals surface area contributed by atoms with Crippen molar-refractivity contribution in [2.75, 3.05) is 5.32 Å². The molecule has 1 fully saturated rings. The molecular formula is C18H12F4N2O. The fraction of sp³-hybridized carbons (Fsp3) is 0.222. The molecule has 0 unspecified atom stereocenters. The van der Waals surface area contributed by atoms with Crippen molar-refractivity contribution >= 4 is 11.6 Å². The lowest BCUT2D eigenvalue weighted by Crippen LogP contribution is -2.27. The fourth-order valence-electron chi connectivity index (χ4n) is 2.71. The van der Waals surface area contributed by atoms with Crippen LogP contribution in [-0.2, 0) is 11.2 Å². The van der Waals surface area contributed by atoms with Gasteiger partial charge in [-0.2, -0.15) is 5.26 Å². The molecule has 0 aliphatic heterocycles. The van der Waals surface area contributed by atoms with Crippen LogP contribution < -0.4 is 5.32 Å². The number of nitriles is 1. The average Bonchev–Trinajstić information content (AvgIpc) is 3.39. The van der Waals surface area contributed by atoms with E-state index in [-0.39, 0.29) is 0 Å². The molecule has 25 heavy (non-hydrogen) atoms. The first kappa shape index (κ1) is 17.0. The summed E-state index contributed by atoms with van der Waals surface area (Å²) in [6.45, 7) is 0. The Bertz CT molecular complexity index is 857. The smallest absolute Gasteiger partial charge is 0.231 e. The van der Waals surface area contributed by atoms with Gasteiger partial charge in [0.05, 0.1) is 5.41 Å². The quantitative estimate of drug-likeness (QED) is 0.669. The summed E-state index contributed by atoms with van der Waals surface area (Å²) in [5.41, 5.74) is -2.56. The van der Waals surface area contributed by atoms with Crippen molar-refractivity contribution in [2.24, 2.45) is 5.41 Å². The SMILES string of the molecule is N#Cc1c(F)c(F)c(NC(=O)C2(Cc3ccccc3)CC2)c(F)c1F. The van der Waals surface area contributed by atoms with E-state index in [1.165, 1.54) is 0 Å². The highest BCUT2D eigenvalue weighted by Gasteiger charge is 2.50. The lowest BCUT2D eigenvalue weighted by molar-refractivity contribution is -0.121. The number of amides is 1. The van der Waals surface area contributed by atoms with Gasteiger partial charge in [0.2, 0.25) is 5.91 Å². The third-order valence-corrected chi connectivity index (χ3v) is 4.33. The fourth-order valence-corrected chi connectivity index (χ4v) is 2.71. The van der Waals surface area contributed by atoms with Crippen molar-refractivity contribution in [1.82, 2.24) is 0 Å². The number of halogens is 4. The first-order valence-electron chi connectivity index (χ1n) is 7.51. The van der Waals surface area contributed by atoms with Gasteiger partial charge in [0.1, 0.15) is 17.3 Å². The summed E-state index contributed by atoms with van der Waals surface area (Å²) in [5, 5.41) is 10.5. The number of carbonyl (C=O) groups excluding carboxylic acids is 1. The van der Waals surface area contributed by atoms with Gasteiger partial charge in [0.25, 0.3) is 0 Å². The summed E-state index contributed by atoms with van der Waals surface area (Å²) in [7, 11) is 0. The van der Waals surface area contributed by atoms with Crippen LogP contribution in [0.25, 0.3) is 0 Å². The van der Waals surface area contributed by atoms with Crippen molar-refractivity contribution in [2.45, 2.75) is 19.3 Å². The third kappa shape index (κ3) is 2.95. The number of nitrogens with one attached hydrogen (secondary N) is 1. The van der Waals surface area contributed by atoms with Gasteiger partial charge in [-0.25, -0.2) is 17.6 Å². The maximum absolute atomic E-state index is 13.9. The Hall–Kier alpha value is -2.88. The van der Waals surface area contributed by atoms with Crippen LogP contribution in [0.1, 0.15) is 24.0 Å². The summed E-state index contributed by atoms with van der Waals surface area (Å²) in [6, 6.07) is 10.1. The van der Waals surface area contributed by atoms with Gasteiger partial charge in [-0.1, -0.05) is 30.3 Å². The maximum atomic E-state index is 13.9. The Kier molecular flexibility index (Phi) is 4.21. The summed E-state index contributed by atoms with van der Waals surface area (Å²) in [6.07, 6.45) is 1.35. The minimum Gasteiger partial charge on any atom is -0.321 e. The van der Waals surface area contributed by atoms with Crippen LogP contribution in [0.4, 0.5) is 23.2 Å². The Morgan fingerprint density at radius 1 is 1.04 bits per heavy atom. The number of hydrogen-bond acceptors (Lipinski definition) is 2. The molecule has 0 spiro atoms. The predicted octanol–water partition coefficient (Wildman–Crippen LogP) is 4.08. The molecule has 128 valence electrons. The van der Waals surface area contributed by atoms with Gasteiger partial charge in [-0.15, -0.1) is 0 Å². The molecule has 3 rings (SSSR count). The Morgan fingerprint density at radius 2 is 1.60 bits per heavy atom. The lowest BCUT2D eigenvalue weighted by atomic mass is 9.95. The molecule has 1 aliphatic rings. The Morgan fingerprint density at radius 3 is 2.08 bits per heavy atom. The molecule has 2 aromatic rings. The first-order valence-corrected chi connectivity index (χ1v) is 7.51. The van der Waals surface area contributed by atoms with Crippen molar-refractivity contribution in [3.8, 4) is 6.07 Å². The van der Waals surface area contributed by atoms with E-state index < -0.39 is 45.8 Å². The number of anilines is 1. The second kappa shape index (κ2) is 6.20. The van der Waals surface area contributed by atoms with Gasteiger partial charge < -0.3 is 5.32 Å². The van der Waals surface area contributed by atoms with Crippen molar-refractivity contribution < 1.29 is 22.4 Å². The summed E-state index contributed by atoms with van der Waals surface area (Å²) < 4.78 is 55.2. The highest BCUT2D eigenvalue weighted by Crippen LogP contribution is 2.49. The zero-order valence-electron chi connectivity index (χ0n) is 12.9. The summed E-state index contributed by atoms with van der Waals surface area (Å²) >= 11 is 0. The molecule has 0 aromatic heterocycles. The Balaban J connectivity index is 1.88. The predicted molar refractivity (Wildman–Crippen MR) is 81.4 cm³/mol. The van der Waals surface area contributed by atoms with Crippen LogP contribution in [0.15, 0.2) is 30.3 Å². The highest BCUT2D eigenvalue weighted by atomic mass is 19.2. The van der Waals surface area contributed by atoms with Gasteiger partial charge in [-0.05, 0) is 24.8 Å². The van der Waals surface area contributed by atoms with E-state index in [2.05, 4.69) is 0 Å². The van der Waals surface area contributed by atoms with E-state index in [1.54, 1.807) is 12.1 Å². The van der Waals surface area contributed by atoms with E-state index in [0.29, 0.717) is 19.3 Å². The van der Waals surface area contributed by atoms with Gasteiger partial charge in [0, 0.05) is 0 Å². The minimum atomic E-state index is -1.83. The summed E-state index contributed by atoms with van der Waals surface area (Å²) in [4.78, 5) is 12.4. The second-order valence-electron chi connectivity index (χ2n) is 6.01. The van der Waals surface area contributed by atoms with Crippen molar-refractivity contribution in [3.63, 3.8) is 0 Å². The van der Waals surface area contributed by atoms with E-state index >= 15 is 0 Å². The molecule has 1 aliphatic carbocycles. The van der Waals surface area contributed by atoms with Gasteiger partial charge in [0.15, 0.2) is 23.3 Å². The lowest BCUT2D eigenvalue weighted by Gasteiger charge is -2.17. The second-order valence-corrected chi connectivity index (χ2v) is 6.01. The molecule has 1 saturated carbocycles. The highest BCUT2D eigenvalue weighted by molar-refractivity contribution is 5.97. The number of hydrogen-bond donors (Lipinski definition) is 1. The monoisotopic (exact) mass is 348 g/mol. The zero-order valence-corrected chi connectivity index (χ0v) is 12.9. The van der Waals surface area contributed by atoms with Crippen molar-refractivity contribution in [3.05, 3.63) is 64.7 Å². The van der Waals surface area contributed by atoms with E-state index in [1.807, 2.05) is 23.5 Å². The maximum Gasteiger partial charge on any atom is 0.231 e. The zero-order chi connectivity index (χ0) is 18.2. The normalized spacial score (nSPS) is 14.7. The van der Waals surface area contributed by atoms with Crippen molar-refractivity contribution in [1.29, 1.82) is 5.26 Å². The minimum absolute atomic E-state index is 0.351.